The summed E-state index contributed by atoms with van der Waals surface area (Å²) in [7, 11) is 0. The zero-order valence-electron chi connectivity index (χ0n) is 17.9. The molecular formula is C24H29N3O4. The lowest BCUT2D eigenvalue weighted by atomic mass is 9.93. The summed E-state index contributed by atoms with van der Waals surface area (Å²) in [6, 6.07) is 12.3. The number of hydrogen-bond donors (Lipinski definition) is 1. The maximum Gasteiger partial charge on any atom is 0.257 e. The lowest BCUT2D eigenvalue weighted by molar-refractivity contribution is -0.147. The normalized spacial score (nSPS) is 22.3. The highest BCUT2D eigenvalue weighted by Gasteiger charge is 2.34. The highest BCUT2D eigenvalue weighted by Crippen LogP contribution is 2.34. The molecule has 0 aliphatic carbocycles. The van der Waals surface area contributed by atoms with Crippen LogP contribution in [0.2, 0.25) is 0 Å². The van der Waals surface area contributed by atoms with Crippen LogP contribution in [-0.2, 0) is 11.3 Å². The fourth-order valence-electron chi connectivity index (χ4n) is 4.54. The number of hydrogen-bond acceptors (Lipinski definition) is 6. The van der Waals surface area contributed by atoms with Gasteiger partial charge in [0, 0.05) is 31.2 Å². The molecule has 1 N–H and O–H groups in total. The summed E-state index contributed by atoms with van der Waals surface area (Å²) >= 11 is 0. The minimum atomic E-state index is -0.326. The first-order valence-electron chi connectivity index (χ1n) is 11.1. The number of pyridine rings is 1. The molecule has 0 spiro atoms. The van der Waals surface area contributed by atoms with Gasteiger partial charge in [0.1, 0.15) is 6.61 Å². The molecule has 0 unspecified atom stereocenters. The molecule has 4 heterocycles. The Bertz CT molecular complexity index is 934. The molecule has 3 aliphatic rings. The number of carbonyl (C=O) groups is 1. The first kappa shape index (κ1) is 20.3. The summed E-state index contributed by atoms with van der Waals surface area (Å²) < 4.78 is 11.9. The van der Waals surface area contributed by atoms with E-state index in [9.17, 15) is 9.90 Å². The number of aliphatic hydroxyl groups excluding tert-OH is 1. The summed E-state index contributed by atoms with van der Waals surface area (Å²) in [5.41, 5.74) is 3.25. The molecule has 1 amide bonds. The molecule has 3 aliphatic heterocycles. The topological polar surface area (TPSA) is 75.1 Å². The fraction of sp³-hybridized carbons (Fsp3) is 0.500. The number of ether oxygens (including phenoxy) is 2. The number of carbonyl (C=O) groups excluding carboxylic acids is 1. The van der Waals surface area contributed by atoms with E-state index in [4.69, 9.17) is 9.47 Å². The zero-order valence-corrected chi connectivity index (χ0v) is 17.9. The minimum Gasteiger partial charge on any atom is -0.484 e. The zero-order chi connectivity index (χ0) is 21.4. The summed E-state index contributed by atoms with van der Waals surface area (Å²) in [4.78, 5) is 21.1. The van der Waals surface area contributed by atoms with E-state index in [-0.39, 0.29) is 24.0 Å². The fourth-order valence-corrected chi connectivity index (χ4v) is 4.54. The third-order valence-corrected chi connectivity index (χ3v) is 6.48. The van der Waals surface area contributed by atoms with Crippen molar-refractivity contribution in [2.24, 2.45) is 5.92 Å². The second kappa shape index (κ2) is 8.48. The number of aromatic nitrogens is 1. The van der Waals surface area contributed by atoms with Crippen molar-refractivity contribution >= 4 is 5.91 Å². The number of β-amino-alcohol motifs (C(OH)–C–C–N with tert-alkyl or cyclic N) is 1. The van der Waals surface area contributed by atoms with E-state index in [2.05, 4.69) is 34.1 Å². The molecule has 0 bridgehead atoms. The number of piperidine rings is 1. The third kappa shape index (κ3) is 4.38. The Morgan fingerprint density at radius 3 is 2.58 bits per heavy atom. The van der Waals surface area contributed by atoms with Crippen molar-refractivity contribution in [2.75, 3.05) is 32.8 Å². The molecule has 31 heavy (non-hydrogen) atoms. The Morgan fingerprint density at radius 1 is 1.13 bits per heavy atom. The van der Waals surface area contributed by atoms with Gasteiger partial charge in [-0.3, -0.25) is 9.69 Å². The Morgan fingerprint density at radius 2 is 1.87 bits per heavy atom. The molecule has 7 heteroatoms. The number of aliphatic hydroxyl groups is 1. The first-order chi connectivity index (χ1) is 15.0. The van der Waals surface area contributed by atoms with Crippen LogP contribution in [0.5, 0.6) is 11.6 Å². The van der Waals surface area contributed by atoms with Crippen molar-refractivity contribution < 1.29 is 19.4 Å². The van der Waals surface area contributed by atoms with Crippen LogP contribution in [0.4, 0.5) is 0 Å². The van der Waals surface area contributed by atoms with Crippen molar-refractivity contribution in [1.29, 1.82) is 0 Å². The quantitative estimate of drug-likeness (QED) is 0.814. The van der Waals surface area contributed by atoms with Gasteiger partial charge in [-0.2, -0.15) is 0 Å². The van der Waals surface area contributed by atoms with E-state index < -0.39 is 0 Å². The van der Waals surface area contributed by atoms with E-state index in [0.717, 1.165) is 43.7 Å². The summed E-state index contributed by atoms with van der Waals surface area (Å²) in [5, 5.41) is 9.41. The van der Waals surface area contributed by atoms with Crippen LogP contribution < -0.4 is 9.47 Å². The van der Waals surface area contributed by atoms with Crippen LogP contribution >= 0.6 is 0 Å². The molecule has 7 nitrogen and oxygen atoms in total. The van der Waals surface area contributed by atoms with Crippen LogP contribution in [0, 0.1) is 12.8 Å². The largest absolute Gasteiger partial charge is 0.484 e. The lowest BCUT2D eigenvalue weighted by Crippen LogP contribution is -2.56. The van der Waals surface area contributed by atoms with Gasteiger partial charge in [0.25, 0.3) is 5.88 Å². The van der Waals surface area contributed by atoms with Crippen molar-refractivity contribution in [3.63, 3.8) is 0 Å². The lowest BCUT2D eigenvalue weighted by Gasteiger charge is -2.40. The second-order valence-corrected chi connectivity index (χ2v) is 8.86. The number of amides is 1. The predicted molar refractivity (Wildman–Crippen MR) is 115 cm³/mol. The molecule has 1 atom stereocenters. The monoisotopic (exact) mass is 423 g/mol. The van der Waals surface area contributed by atoms with E-state index >= 15 is 0 Å². The van der Waals surface area contributed by atoms with Gasteiger partial charge in [0.2, 0.25) is 5.91 Å². The Hall–Kier alpha value is -2.64. The maximum atomic E-state index is 12.4. The minimum absolute atomic E-state index is 0.106. The van der Waals surface area contributed by atoms with Crippen LogP contribution in [0.25, 0.3) is 0 Å². The second-order valence-electron chi connectivity index (χ2n) is 8.86. The van der Waals surface area contributed by atoms with Gasteiger partial charge < -0.3 is 19.5 Å². The van der Waals surface area contributed by atoms with Gasteiger partial charge in [-0.1, -0.05) is 24.3 Å². The number of likely N-dealkylation sites (tertiary alicyclic amines) is 2. The van der Waals surface area contributed by atoms with Gasteiger partial charge in [0.15, 0.2) is 11.9 Å². The molecule has 2 saturated heterocycles. The number of aryl methyl sites for hydroxylation is 1. The molecule has 164 valence electrons. The van der Waals surface area contributed by atoms with Gasteiger partial charge in [-0.15, -0.1) is 0 Å². The molecule has 0 radical (unpaired) electrons. The molecule has 2 fully saturated rings. The van der Waals surface area contributed by atoms with Crippen LogP contribution in [0.3, 0.4) is 0 Å². The number of nitrogens with zero attached hydrogens (tertiary/aromatic N) is 3. The van der Waals surface area contributed by atoms with Gasteiger partial charge in [-0.25, -0.2) is 4.98 Å². The van der Waals surface area contributed by atoms with E-state index in [1.165, 1.54) is 5.56 Å². The number of fused-ring (bicyclic) bond motifs is 1. The van der Waals surface area contributed by atoms with E-state index in [1.807, 2.05) is 19.1 Å². The summed E-state index contributed by atoms with van der Waals surface area (Å²) in [6.45, 7) is 6.16. The summed E-state index contributed by atoms with van der Waals surface area (Å²) in [6.07, 6.45) is 1.30. The Labute approximate surface area is 182 Å². The van der Waals surface area contributed by atoms with Gasteiger partial charge >= 0.3 is 0 Å². The van der Waals surface area contributed by atoms with E-state index in [0.29, 0.717) is 31.3 Å². The van der Waals surface area contributed by atoms with Crippen LogP contribution in [0.1, 0.15) is 35.8 Å². The maximum absolute atomic E-state index is 12.4. The van der Waals surface area contributed by atoms with Crippen molar-refractivity contribution in [3.8, 4) is 11.6 Å². The molecule has 0 saturated carbocycles. The van der Waals surface area contributed by atoms with Gasteiger partial charge in [-0.05, 0) is 56.1 Å². The predicted octanol–water partition coefficient (Wildman–Crippen LogP) is 2.32. The standard InChI is InChI=1S/C24H29N3O4/c1-16-2-7-21-23(25-16)31-22(15-30-21)18-5-3-17(4-6-18)12-26-10-8-19(9-11-26)24(29)27-13-20(28)14-27/h2-7,19-20,22,28H,8-15H2,1H3/t22-/m1/s1. The van der Waals surface area contributed by atoms with Crippen molar-refractivity contribution in [1.82, 2.24) is 14.8 Å². The van der Waals surface area contributed by atoms with E-state index in [1.54, 1.807) is 4.90 Å². The van der Waals surface area contributed by atoms with Crippen molar-refractivity contribution in [3.05, 3.63) is 53.2 Å². The molecular weight excluding hydrogens is 394 g/mol. The van der Waals surface area contributed by atoms with Crippen LogP contribution in [0.15, 0.2) is 36.4 Å². The smallest absolute Gasteiger partial charge is 0.257 e. The molecule has 1 aromatic carbocycles. The van der Waals surface area contributed by atoms with Crippen molar-refractivity contribution in [2.45, 2.75) is 38.5 Å². The molecule has 2 aromatic rings. The van der Waals surface area contributed by atoms with Gasteiger partial charge in [0.05, 0.1) is 6.10 Å². The highest BCUT2D eigenvalue weighted by molar-refractivity contribution is 5.79. The Balaban J connectivity index is 1.13. The highest BCUT2D eigenvalue weighted by atomic mass is 16.6. The number of benzene rings is 1. The first-order valence-corrected chi connectivity index (χ1v) is 11.1. The average Bonchev–Trinajstić information content (AvgIpc) is 2.77. The molecule has 5 rings (SSSR count). The van der Waals surface area contributed by atoms with Crippen LogP contribution in [-0.4, -0.2) is 64.7 Å². The number of rotatable bonds is 4. The summed E-state index contributed by atoms with van der Waals surface area (Å²) in [5.74, 6) is 1.58. The Kier molecular flexibility index (Phi) is 5.54. The SMILES string of the molecule is Cc1ccc2c(n1)O[C@@H](c1ccc(CN3CCC(C(=O)N4CC(O)C4)CC3)cc1)CO2. The average molecular weight is 424 g/mol. The molecule has 1 aromatic heterocycles. The third-order valence-electron chi connectivity index (χ3n) is 6.48.